The van der Waals surface area contributed by atoms with Crippen LogP contribution in [0.4, 0.5) is 17.1 Å². The number of nitro groups is 2. The van der Waals surface area contributed by atoms with E-state index >= 15 is 0 Å². The molecule has 37 heavy (non-hydrogen) atoms. The van der Waals surface area contributed by atoms with Crippen molar-refractivity contribution in [1.29, 1.82) is 0 Å². The van der Waals surface area contributed by atoms with Crippen LogP contribution in [0.1, 0.15) is 42.7 Å². The lowest BCUT2D eigenvalue weighted by Gasteiger charge is -2.35. The number of anilines is 1. The molecule has 0 aromatic heterocycles. The molecule has 12 nitrogen and oxygen atoms in total. The zero-order chi connectivity index (χ0) is 27.4. The number of hydrogen-bond donors (Lipinski definition) is 2. The third-order valence-electron chi connectivity index (χ3n) is 5.59. The van der Waals surface area contributed by atoms with Crippen LogP contribution in [-0.4, -0.2) is 45.4 Å². The average Bonchev–Trinajstić information content (AvgIpc) is 2.85. The third kappa shape index (κ3) is 6.25. The lowest BCUT2D eigenvalue weighted by molar-refractivity contribution is -0.394. The van der Waals surface area contributed by atoms with E-state index in [1.165, 1.54) is 0 Å². The minimum atomic E-state index is -0.812. The molecule has 1 atom stereocenters. The van der Waals surface area contributed by atoms with Crippen molar-refractivity contribution in [3.8, 4) is 0 Å². The molecule has 1 unspecified atom stereocenters. The summed E-state index contributed by atoms with van der Waals surface area (Å²) in [5, 5.41) is 28.4. The highest BCUT2D eigenvalue weighted by atomic mass is 32.1. The molecule has 3 rings (SSSR count). The van der Waals surface area contributed by atoms with Crippen LogP contribution in [0.2, 0.25) is 0 Å². The Kier molecular flexibility index (Phi) is 8.17. The van der Waals surface area contributed by atoms with E-state index in [9.17, 15) is 29.8 Å². The molecule has 0 aliphatic carbocycles. The molecule has 2 N–H and O–H groups in total. The summed E-state index contributed by atoms with van der Waals surface area (Å²) in [4.78, 5) is 48.2. The van der Waals surface area contributed by atoms with Crippen molar-refractivity contribution < 1.29 is 24.2 Å². The quantitative estimate of drug-likeness (QED) is 0.222. The number of amides is 1. The zero-order valence-corrected chi connectivity index (χ0v) is 21.3. The molecule has 1 amide bonds. The van der Waals surface area contributed by atoms with Crippen LogP contribution < -0.4 is 10.6 Å². The van der Waals surface area contributed by atoms with Gasteiger partial charge in [0.15, 0.2) is 5.11 Å². The number of carbonyl (C=O) groups excluding carboxylic acids is 2. The first-order valence-corrected chi connectivity index (χ1v) is 11.6. The summed E-state index contributed by atoms with van der Waals surface area (Å²) in [6.07, 6.45) is 0. The van der Waals surface area contributed by atoms with Crippen molar-refractivity contribution in [3.05, 3.63) is 85.1 Å². The molecule has 194 valence electrons. The molecular weight excluding hydrogens is 502 g/mol. The number of nitro benzene ring substituents is 2. The van der Waals surface area contributed by atoms with Gasteiger partial charge in [0.2, 0.25) is 0 Å². The summed E-state index contributed by atoms with van der Waals surface area (Å²) in [5.74, 6) is -1.14. The first-order chi connectivity index (χ1) is 17.4. The van der Waals surface area contributed by atoms with E-state index in [1.807, 2.05) is 13.8 Å². The van der Waals surface area contributed by atoms with E-state index in [1.54, 1.807) is 43.1 Å². The fourth-order valence-electron chi connectivity index (χ4n) is 3.61. The number of benzene rings is 2. The van der Waals surface area contributed by atoms with E-state index < -0.39 is 39.1 Å². The highest BCUT2D eigenvalue weighted by Gasteiger charge is 2.33. The van der Waals surface area contributed by atoms with Gasteiger partial charge in [0.1, 0.15) is 0 Å². The van der Waals surface area contributed by atoms with Crippen LogP contribution in [0.15, 0.2) is 53.7 Å². The molecule has 1 aliphatic rings. The maximum absolute atomic E-state index is 13.0. The molecular formula is C24H25N5O7S. The van der Waals surface area contributed by atoms with E-state index in [2.05, 4.69) is 10.6 Å². The van der Waals surface area contributed by atoms with Gasteiger partial charge >= 0.3 is 5.97 Å². The zero-order valence-electron chi connectivity index (χ0n) is 20.5. The van der Waals surface area contributed by atoms with Crippen molar-refractivity contribution in [2.75, 3.05) is 19.0 Å². The van der Waals surface area contributed by atoms with Crippen molar-refractivity contribution in [2.45, 2.75) is 26.8 Å². The fraction of sp³-hybridized carbons (Fsp3) is 0.292. The number of hydrogen-bond acceptors (Lipinski definition) is 8. The number of carbonyl (C=O) groups is 2. The first-order valence-electron chi connectivity index (χ1n) is 11.2. The van der Waals surface area contributed by atoms with Crippen LogP contribution >= 0.6 is 12.2 Å². The van der Waals surface area contributed by atoms with Crippen LogP contribution in [0.5, 0.6) is 0 Å². The number of allylic oxidation sites excluding steroid dienone is 1. The van der Waals surface area contributed by atoms with Crippen molar-refractivity contribution in [1.82, 2.24) is 10.2 Å². The second-order valence-electron chi connectivity index (χ2n) is 8.76. The number of esters is 1. The molecule has 0 radical (unpaired) electrons. The standard InChI is InChI=1S/C24H25N5O7S/c1-13(2)12-36-23(31)20-14(3)27(4)24(37)26-21(20)15-6-5-7-17(8-15)25-22(30)16-9-18(28(32)33)11-19(10-16)29(34)35/h5-11,13,21H,12H2,1-4H3,(H,25,30)(H,26,37). The van der Waals surface area contributed by atoms with Gasteiger partial charge in [0.05, 0.1) is 39.7 Å². The van der Waals surface area contributed by atoms with Gasteiger partial charge < -0.3 is 20.3 Å². The van der Waals surface area contributed by atoms with Gasteiger partial charge in [-0.25, -0.2) is 4.79 Å². The average molecular weight is 528 g/mol. The Bertz CT molecular complexity index is 1290. The maximum Gasteiger partial charge on any atom is 0.338 e. The molecule has 2 aromatic carbocycles. The minimum Gasteiger partial charge on any atom is -0.462 e. The van der Waals surface area contributed by atoms with Crippen molar-refractivity contribution >= 4 is 46.3 Å². The van der Waals surface area contributed by atoms with Crippen LogP contribution in [-0.2, 0) is 9.53 Å². The Labute approximate surface area is 217 Å². The van der Waals surface area contributed by atoms with Crippen LogP contribution in [0.25, 0.3) is 0 Å². The molecule has 2 aromatic rings. The Morgan fingerprint density at radius 1 is 1.14 bits per heavy atom. The number of nitrogens with zero attached hydrogens (tertiary/aromatic N) is 3. The van der Waals surface area contributed by atoms with Gasteiger partial charge in [-0.1, -0.05) is 26.0 Å². The van der Waals surface area contributed by atoms with E-state index in [0.29, 0.717) is 27.6 Å². The number of thiocarbonyl (C=S) groups is 1. The summed E-state index contributed by atoms with van der Waals surface area (Å²) < 4.78 is 5.48. The second kappa shape index (κ2) is 11.1. The van der Waals surface area contributed by atoms with E-state index in [4.69, 9.17) is 17.0 Å². The van der Waals surface area contributed by atoms with Crippen LogP contribution in [0, 0.1) is 26.1 Å². The second-order valence-corrected chi connectivity index (χ2v) is 9.15. The minimum absolute atomic E-state index is 0.141. The fourth-order valence-corrected chi connectivity index (χ4v) is 3.86. The highest BCUT2D eigenvalue weighted by Crippen LogP contribution is 2.32. The lowest BCUT2D eigenvalue weighted by atomic mass is 9.94. The smallest absolute Gasteiger partial charge is 0.338 e. The number of rotatable bonds is 8. The molecule has 0 fully saturated rings. The van der Waals surface area contributed by atoms with Crippen molar-refractivity contribution in [3.63, 3.8) is 0 Å². The molecule has 1 aliphatic heterocycles. The summed E-state index contributed by atoms with van der Waals surface area (Å²) in [7, 11) is 1.73. The largest absolute Gasteiger partial charge is 0.462 e. The Balaban J connectivity index is 1.94. The SMILES string of the molecule is CC1=C(C(=O)OCC(C)C)C(c2cccc(NC(=O)c3cc([N+](=O)[O-])cc([N+](=O)[O-])c3)c2)NC(=S)N1C. The number of ether oxygens (including phenoxy) is 1. The molecule has 13 heteroatoms. The van der Waals surface area contributed by atoms with E-state index in [0.717, 1.165) is 18.2 Å². The van der Waals surface area contributed by atoms with E-state index in [-0.39, 0.29) is 18.1 Å². The van der Waals surface area contributed by atoms with Crippen molar-refractivity contribution in [2.24, 2.45) is 5.92 Å². The summed E-state index contributed by atoms with van der Waals surface area (Å²) in [5.41, 5.74) is 0.448. The van der Waals surface area contributed by atoms with Gasteiger partial charge in [-0.05, 0) is 42.8 Å². The molecule has 0 bridgehead atoms. The normalized spacial score (nSPS) is 15.3. The van der Waals surface area contributed by atoms with Gasteiger partial charge in [0.25, 0.3) is 17.3 Å². The number of non-ortho nitro benzene ring substituents is 2. The topological polar surface area (TPSA) is 157 Å². The summed E-state index contributed by atoms with van der Waals surface area (Å²) in [6.45, 7) is 5.85. The monoisotopic (exact) mass is 527 g/mol. The predicted octanol–water partition coefficient (Wildman–Crippen LogP) is 4.09. The maximum atomic E-state index is 13.0. The predicted molar refractivity (Wildman–Crippen MR) is 139 cm³/mol. The van der Waals surface area contributed by atoms with Gasteiger partial charge in [-0.2, -0.15) is 0 Å². The summed E-state index contributed by atoms with van der Waals surface area (Å²) >= 11 is 5.41. The highest BCUT2D eigenvalue weighted by molar-refractivity contribution is 7.80. The van der Waals surface area contributed by atoms with Crippen LogP contribution in [0.3, 0.4) is 0 Å². The molecule has 0 saturated carbocycles. The third-order valence-corrected chi connectivity index (χ3v) is 5.98. The van der Waals surface area contributed by atoms with Gasteiger partial charge in [-0.3, -0.25) is 25.0 Å². The number of nitrogens with one attached hydrogen (secondary N) is 2. The Morgan fingerprint density at radius 2 is 1.76 bits per heavy atom. The summed E-state index contributed by atoms with van der Waals surface area (Å²) in [6, 6.07) is 8.60. The first kappa shape index (κ1) is 27.2. The van der Waals surface area contributed by atoms with Gasteiger partial charge in [0, 0.05) is 30.6 Å². The Hall–Kier alpha value is -4.39. The van der Waals surface area contributed by atoms with Gasteiger partial charge in [-0.15, -0.1) is 0 Å². The molecule has 0 saturated heterocycles. The Morgan fingerprint density at radius 3 is 2.32 bits per heavy atom. The lowest BCUT2D eigenvalue weighted by Crippen LogP contribution is -2.46. The molecule has 1 heterocycles. The molecule has 0 spiro atoms.